The van der Waals surface area contributed by atoms with Crippen molar-refractivity contribution in [3.05, 3.63) is 88.3 Å². The summed E-state index contributed by atoms with van der Waals surface area (Å²) >= 11 is 0. The van der Waals surface area contributed by atoms with Gasteiger partial charge in [-0.05, 0) is 48.9 Å². The van der Waals surface area contributed by atoms with Gasteiger partial charge in [0.15, 0.2) is 5.69 Å². The zero-order valence-electron chi connectivity index (χ0n) is 16.0. The molecule has 0 aliphatic rings. The van der Waals surface area contributed by atoms with E-state index in [2.05, 4.69) is 10.4 Å². The van der Waals surface area contributed by atoms with Gasteiger partial charge in [-0.25, -0.2) is 9.48 Å². The van der Waals surface area contributed by atoms with E-state index in [9.17, 15) is 14.4 Å². The summed E-state index contributed by atoms with van der Waals surface area (Å²) in [6.07, 6.45) is 1.71. The smallest absolute Gasteiger partial charge is 0.364 e. The number of carbonyl (C=O) groups excluding carboxylic acids is 2. The van der Waals surface area contributed by atoms with E-state index >= 15 is 0 Å². The third kappa shape index (κ3) is 5.38. The first-order valence-electron chi connectivity index (χ1n) is 9.33. The molecular formula is C22H21N3O4. The number of aromatic nitrogens is 2. The van der Waals surface area contributed by atoms with Crippen molar-refractivity contribution in [2.75, 3.05) is 5.32 Å². The summed E-state index contributed by atoms with van der Waals surface area (Å²) in [5, 5.41) is 6.84. The molecule has 7 heteroatoms. The molecule has 0 aliphatic carbocycles. The number of hydrogen-bond donors (Lipinski definition) is 1. The first kappa shape index (κ1) is 20.0. The Hall–Kier alpha value is -3.74. The van der Waals surface area contributed by atoms with Gasteiger partial charge in [-0.3, -0.25) is 9.59 Å². The van der Waals surface area contributed by atoms with E-state index in [4.69, 9.17) is 4.74 Å². The van der Waals surface area contributed by atoms with Gasteiger partial charge in [0.05, 0.1) is 0 Å². The molecular weight excluding hydrogens is 370 g/mol. The van der Waals surface area contributed by atoms with E-state index in [1.807, 2.05) is 13.0 Å². The van der Waals surface area contributed by atoms with Crippen LogP contribution in [-0.2, 0) is 6.54 Å². The fraction of sp³-hybridized carbons (Fsp3) is 0.182. The number of benzene rings is 2. The topological polar surface area (TPSA) is 90.3 Å². The lowest BCUT2D eigenvalue weighted by Gasteiger charge is -2.08. The van der Waals surface area contributed by atoms with Gasteiger partial charge in [0.2, 0.25) is 0 Å². The average molecular weight is 391 g/mol. The van der Waals surface area contributed by atoms with E-state index in [0.29, 0.717) is 23.5 Å². The number of ether oxygens (including phenoxy) is 1. The molecule has 7 nitrogen and oxygen atoms in total. The van der Waals surface area contributed by atoms with Crippen molar-refractivity contribution in [1.82, 2.24) is 9.78 Å². The summed E-state index contributed by atoms with van der Waals surface area (Å²) in [5.74, 6) is -0.578. The minimum Gasteiger partial charge on any atom is -0.422 e. The van der Waals surface area contributed by atoms with E-state index in [-0.39, 0.29) is 17.2 Å². The monoisotopic (exact) mass is 391 g/mol. The maximum Gasteiger partial charge on any atom is 0.364 e. The Kier molecular flexibility index (Phi) is 6.52. The molecule has 0 fully saturated rings. The van der Waals surface area contributed by atoms with Crippen LogP contribution in [0.2, 0.25) is 0 Å². The molecule has 2 aromatic carbocycles. The van der Waals surface area contributed by atoms with Crippen molar-refractivity contribution in [2.24, 2.45) is 0 Å². The summed E-state index contributed by atoms with van der Waals surface area (Å²) in [4.78, 5) is 36.3. The third-order valence-corrected chi connectivity index (χ3v) is 4.16. The van der Waals surface area contributed by atoms with Crippen molar-refractivity contribution < 1.29 is 14.3 Å². The molecule has 0 aliphatic heterocycles. The molecule has 3 rings (SSSR count). The van der Waals surface area contributed by atoms with E-state index in [1.165, 1.54) is 16.8 Å². The van der Waals surface area contributed by atoms with Gasteiger partial charge in [-0.2, -0.15) is 5.10 Å². The SMILES string of the molecule is CCCCn1nc(C(=O)Oc2ccc(NC(=O)c3ccccc3)cc2)ccc1=O. The lowest BCUT2D eigenvalue weighted by Crippen LogP contribution is -2.25. The third-order valence-electron chi connectivity index (χ3n) is 4.16. The van der Waals surface area contributed by atoms with Gasteiger partial charge in [-0.15, -0.1) is 0 Å². The Labute approximate surface area is 168 Å². The second-order valence-electron chi connectivity index (χ2n) is 6.37. The highest BCUT2D eigenvalue weighted by molar-refractivity contribution is 6.04. The van der Waals surface area contributed by atoms with Crippen LogP contribution in [0.25, 0.3) is 0 Å². The molecule has 1 heterocycles. The van der Waals surface area contributed by atoms with Crippen LogP contribution in [-0.4, -0.2) is 21.7 Å². The standard InChI is InChI=1S/C22H21N3O4/c1-2-3-15-25-20(26)14-13-19(24-25)22(28)29-18-11-9-17(10-12-18)23-21(27)16-7-5-4-6-8-16/h4-14H,2-3,15H2,1H3,(H,23,27). The Morgan fingerprint density at radius 1 is 1.00 bits per heavy atom. The molecule has 0 saturated heterocycles. The number of rotatable bonds is 7. The molecule has 0 spiro atoms. The van der Waals surface area contributed by atoms with Gasteiger partial charge < -0.3 is 10.1 Å². The zero-order chi connectivity index (χ0) is 20.6. The minimum atomic E-state index is -0.656. The number of aryl methyl sites for hydroxylation is 1. The normalized spacial score (nSPS) is 10.4. The first-order valence-corrected chi connectivity index (χ1v) is 9.33. The molecule has 148 valence electrons. The lowest BCUT2D eigenvalue weighted by atomic mass is 10.2. The molecule has 0 unspecified atom stereocenters. The number of unbranched alkanes of at least 4 members (excludes halogenated alkanes) is 1. The van der Waals surface area contributed by atoms with Crippen LogP contribution in [0.5, 0.6) is 5.75 Å². The number of nitrogens with one attached hydrogen (secondary N) is 1. The maximum absolute atomic E-state index is 12.3. The van der Waals surface area contributed by atoms with Crippen LogP contribution in [0, 0.1) is 0 Å². The van der Waals surface area contributed by atoms with Crippen molar-refractivity contribution in [3.63, 3.8) is 0 Å². The van der Waals surface area contributed by atoms with Crippen LogP contribution in [0.1, 0.15) is 40.6 Å². The Morgan fingerprint density at radius 2 is 1.72 bits per heavy atom. The summed E-state index contributed by atoms with van der Waals surface area (Å²) < 4.78 is 6.58. The number of carbonyl (C=O) groups is 2. The first-order chi connectivity index (χ1) is 14.1. The maximum atomic E-state index is 12.3. The van der Waals surface area contributed by atoms with Gasteiger partial charge in [-0.1, -0.05) is 31.5 Å². The molecule has 0 atom stereocenters. The van der Waals surface area contributed by atoms with Gasteiger partial charge in [0, 0.05) is 23.9 Å². The molecule has 1 N–H and O–H groups in total. The summed E-state index contributed by atoms with van der Waals surface area (Å²) in [7, 11) is 0. The molecule has 1 amide bonds. The fourth-order valence-electron chi connectivity index (χ4n) is 2.58. The highest BCUT2D eigenvalue weighted by Crippen LogP contribution is 2.17. The van der Waals surface area contributed by atoms with E-state index < -0.39 is 5.97 Å². The number of esters is 1. The summed E-state index contributed by atoms with van der Waals surface area (Å²) in [6.45, 7) is 2.46. The van der Waals surface area contributed by atoms with Crippen LogP contribution in [0.15, 0.2) is 71.5 Å². The quantitative estimate of drug-likeness (QED) is 0.492. The number of hydrogen-bond acceptors (Lipinski definition) is 5. The number of nitrogens with zero attached hydrogens (tertiary/aromatic N) is 2. The van der Waals surface area contributed by atoms with Crippen molar-refractivity contribution in [1.29, 1.82) is 0 Å². The van der Waals surface area contributed by atoms with Crippen LogP contribution in [0.4, 0.5) is 5.69 Å². The fourth-order valence-corrected chi connectivity index (χ4v) is 2.58. The van der Waals surface area contributed by atoms with Gasteiger partial charge >= 0.3 is 5.97 Å². The highest BCUT2D eigenvalue weighted by atomic mass is 16.5. The van der Waals surface area contributed by atoms with Gasteiger partial charge in [0.25, 0.3) is 11.5 Å². The largest absolute Gasteiger partial charge is 0.422 e. The van der Waals surface area contributed by atoms with Crippen LogP contribution < -0.4 is 15.6 Å². The zero-order valence-corrected chi connectivity index (χ0v) is 16.0. The van der Waals surface area contributed by atoms with Crippen molar-refractivity contribution in [2.45, 2.75) is 26.3 Å². The van der Waals surface area contributed by atoms with Crippen molar-refractivity contribution in [3.8, 4) is 5.75 Å². The second kappa shape index (κ2) is 9.45. The molecule has 0 saturated carbocycles. The molecule has 3 aromatic rings. The predicted molar refractivity (Wildman–Crippen MR) is 109 cm³/mol. The molecule has 1 aromatic heterocycles. The Morgan fingerprint density at radius 3 is 2.41 bits per heavy atom. The van der Waals surface area contributed by atoms with Crippen molar-refractivity contribution >= 4 is 17.6 Å². The highest BCUT2D eigenvalue weighted by Gasteiger charge is 2.13. The Bertz CT molecular complexity index is 1040. The molecule has 29 heavy (non-hydrogen) atoms. The molecule has 0 radical (unpaired) electrons. The number of anilines is 1. The lowest BCUT2D eigenvalue weighted by molar-refractivity contribution is 0.0725. The second-order valence-corrected chi connectivity index (χ2v) is 6.37. The minimum absolute atomic E-state index is 0.0576. The van der Waals surface area contributed by atoms with Crippen LogP contribution >= 0.6 is 0 Å². The van der Waals surface area contributed by atoms with Crippen LogP contribution in [0.3, 0.4) is 0 Å². The average Bonchev–Trinajstić information content (AvgIpc) is 2.75. The van der Waals surface area contributed by atoms with E-state index in [0.717, 1.165) is 12.8 Å². The van der Waals surface area contributed by atoms with Gasteiger partial charge in [0.1, 0.15) is 5.75 Å². The number of amides is 1. The van der Waals surface area contributed by atoms with E-state index in [1.54, 1.807) is 48.5 Å². The summed E-state index contributed by atoms with van der Waals surface area (Å²) in [5.41, 5.74) is 0.924. The Balaban J connectivity index is 1.64. The summed E-state index contributed by atoms with van der Waals surface area (Å²) in [6, 6.07) is 17.9. The predicted octanol–water partition coefficient (Wildman–Crippen LogP) is 3.51. The molecule has 0 bridgehead atoms.